The van der Waals surface area contributed by atoms with Gasteiger partial charge in [-0.05, 0) is 275 Å². The van der Waals surface area contributed by atoms with Gasteiger partial charge in [-0.2, -0.15) is 35.0 Å². The third-order valence-electron chi connectivity index (χ3n) is 17.3. The highest BCUT2D eigenvalue weighted by atomic mass is 79.9. The zero-order chi connectivity index (χ0) is 71.3. The molecule has 0 unspecified atom stereocenters. The summed E-state index contributed by atoms with van der Waals surface area (Å²) in [6, 6.07) is 43.7. The minimum atomic E-state index is -0.478. The van der Waals surface area contributed by atoms with E-state index in [1.807, 2.05) is 198 Å². The van der Waals surface area contributed by atoms with Crippen LogP contribution in [0.3, 0.4) is 0 Å². The summed E-state index contributed by atoms with van der Waals surface area (Å²) in [5.74, 6) is 0. The van der Waals surface area contributed by atoms with E-state index in [1.165, 1.54) is 63.6 Å². The number of nitrogens with zero attached hydrogens (tertiary/aromatic N) is 13. The van der Waals surface area contributed by atoms with E-state index in [2.05, 4.69) is 146 Å². The Hall–Kier alpha value is -7.86. The molecule has 0 aliphatic carbocycles. The van der Waals surface area contributed by atoms with Crippen LogP contribution in [0.25, 0.3) is 89.2 Å². The first-order valence-corrected chi connectivity index (χ1v) is 36.9. The Balaban J connectivity index is 0.000000127. The quantitative estimate of drug-likeness (QED) is 0.0891. The average molecular weight is 1600 g/mol. The van der Waals surface area contributed by atoms with E-state index in [0.29, 0.717) is 11.4 Å². The molecule has 2 saturated heterocycles. The van der Waals surface area contributed by atoms with Crippen LogP contribution in [-0.4, -0.2) is 96.5 Å². The number of fused-ring (bicyclic) bond motifs is 4. The lowest BCUT2D eigenvalue weighted by molar-refractivity contribution is 0.00578. The van der Waals surface area contributed by atoms with Crippen LogP contribution in [-0.2, 0) is 18.6 Å². The summed E-state index contributed by atoms with van der Waals surface area (Å²) in [5, 5.41) is 0. The molecule has 5 aromatic carbocycles. The second kappa shape index (κ2) is 31.2. The van der Waals surface area contributed by atoms with E-state index in [0.717, 1.165) is 125 Å². The van der Waals surface area contributed by atoms with Crippen molar-refractivity contribution in [1.82, 2.24) is 59.9 Å². The number of nitrogen functional groups attached to an aromatic ring is 2. The fourth-order valence-corrected chi connectivity index (χ4v) is 14.1. The van der Waals surface area contributed by atoms with E-state index in [9.17, 15) is 0 Å². The van der Waals surface area contributed by atoms with E-state index in [1.54, 1.807) is 18.6 Å². The van der Waals surface area contributed by atoms with Gasteiger partial charge in [0.1, 0.15) is 48.7 Å². The molecular formula is C72H70B2Br3N15O4S4. The molecule has 11 heterocycles. The standard InChI is InChI=1S/C18H26B2N2O4S.C18H14N4S.C18H18N4.C6H2Br2N2S.C6H6BrN.C6H4N2S/c1-15(2)16(3,4)24-19(23-15)11-9-10-12(14-13(11)21-27-22-14)20-25-17(5,6)18(7,8)26-20;1-11-5-7-19-15(9-11)13-3-4-14(18-17(13)21-23-22-18)16-10-12(2)6-8-20-16;1-11-5-7-21-15(9-11)13-3-4-14(18(20)17(13)19)16-10-12(2)6-8-22-16;7-3-1-2-4(8)6-5(3)9-11-10-6;1-5-2-3-8-6(7)4-5;1-2-4-6-5(3-1)7-9-8-6/h9-10H,1-8H3;3-10H,1-2H3;3-10H,19-20H2,1-2H3;1-2H;2-4H,1H3;1-4H. The molecule has 4 N–H and O–H groups in total. The van der Waals surface area contributed by atoms with Gasteiger partial charge in [0.15, 0.2) is 0 Å². The SMILES string of the molecule is Brc1ccc(Br)c2nsnc12.CC1(C)OB(c2ccc(B3OC(C)(C)C(C)(C)O3)c3nsnc23)OC1(C)C.Cc1ccnc(-c2ccc(-c3cc(C)ccn3)c(N)c2N)c1.Cc1ccnc(-c2ccc(-c3cc(C)ccn3)c3nsnc23)c1.Cc1ccnc(Br)c1.c1ccc2nsnc2c1. The lowest BCUT2D eigenvalue weighted by Crippen LogP contribution is -2.41. The Bertz CT molecular complexity index is 4900. The fraction of sp³-hybridized carbons (Fsp3) is 0.236. The van der Waals surface area contributed by atoms with Gasteiger partial charge in [-0.3, -0.25) is 19.9 Å². The highest BCUT2D eigenvalue weighted by molar-refractivity contribution is 9.11. The summed E-state index contributed by atoms with van der Waals surface area (Å²) in [6.07, 6.45) is 8.98. The van der Waals surface area contributed by atoms with E-state index in [4.69, 9.17) is 30.1 Å². The Morgan fingerprint density at radius 1 is 0.330 bits per heavy atom. The topological polar surface area (TPSA) is 257 Å². The highest BCUT2D eigenvalue weighted by Crippen LogP contribution is 2.41. The van der Waals surface area contributed by atoms with Gasteiger partial charge in [0.25, 0.3) is 0 Å². The third kappa shape index (κ3) is 16.7. The first kappa shape index (κ1) is 73.4. The molecule has 100 heavy (non-hydrogen) atoms. The minimum Gasteiger partial charge on any atom is -0.399 e. The molecule has 2 aliphatic rings. The summed E-state index contributed by atoms with van der Waals surface area (Å²) in [7, 11) is -0.956. The first-order valence-electron chi connectivity index (χ1n) is 31.6. The fourth-order valence-electron chi connectivity index (χ4n) is 10.4. The van der Waals surface area contributed by atoms with Crippen LogP contribution < -0.4 is 22.4 Å². The maximum absolute atomic E-state index is 6.25. The highest BCUT2D eigenvalue weighted by Gasteiger charge is 2.54. The zero-order valence-electron chi connectivity index (χ0n) is 57.1. The van der Waals surface area contributed by atoms with Crippen LogP contribution in [0.1, 0.15) is 83.2 Å². The summed E-state index contributed by atoms with van der Waals surface area (Å²) in [5.41, 5.74) is 33.9. The van der Waals surface area contributed by atoms with Gasteiger partial charge in [-0.1, -0.05) is 24.3 Å². The Kier molecular flexibility index (Phi) is 22.9. The van der Waals surface area contributed by atoms with Crippen molar-refractivity contribution in [3.8, 4) is 45.0 Å². The third-order valence-corrected chi connectivity index (χ3v) is 21.2. The molecule has 16 rings (SSSR count). The van der Waals surface area contributed by atoms with Crippen LogP contribution in [0.5, 0.6) is 0 Å². The average Bonchev–Trinajstić information content (AvgIpc) is 1.58. The summed E-state index contributed by atoms with van der Waals surface area (Å²) in [6.45, 7) is 26.6. The second-order valence-corrected chi connectivity index (χ2v) is 30.4. The van der Waals surface area contributed by atoms with Gasteiger partial charge in [0.2, 0.25) is 0 Å². The number of nitrogens with two attached hydrogens (primary N) is 2. The van der Waals surface area contributed by atoms with Crippen LogP contribution in [0.15, 0.2) is 178 Å². The van der Waals surface area contributed by atoms with Crippen molar-refractivity contribution in [3.05, 3.63) is 206 Å². The summed E-state index contributed by atoms with van der Waals surface area (Å²) >= 11 is 14.9. The number of hydrogen-bond acceptors (Lipinski definition) is 23. The maximum atomic E-state index is 6.25. The molecule has 2 aliphatic heterocycles. The Morgan fingerprint density at radius 3 is 0.940 bits per heavy atom. The molecule has 0 saturated carbocycles. The number of halogens is 3. The van der Waals surface area contributed by atoms with Gasteiger partial charge < -0.3 is 30.1 Å². The largest absolute Gasteiger partial charge is 0.497 e. The van der Waals surface area contributed by atoms with Crippen molar-refractivity contribution in [2.75, 3.05) is 11.5 Å². The van der Waals surface area contributed by atoms with Crippen LogP contribution >= 0.6 is 94.7 Å². The van der Waals surface area contributed by atoms with Crippen molar-refractivity contribution >= 4 is 175 Å². The van der Waals surface area contributed by atoms with E-state index < -0.39 is 36.6 Å². The molecule has 19 nitrogen and oxygen atoms in total. The Morgan fingerprint density at radius 2 is 0.620 bits per heavy atom. The second-order valence-electron chi connectivity index (χ2n) is 25.8. The predicted octanol–water partition coefficient (Wildman–Crippen LogP) is 17.4. The number of rotatable bonds is 6. The lowest BCUT2D eigenvalue weighted by atomic mass is 9.72. The molecule has 0 atom stereocenters. The van der Waals surface area contributed by atoms with Crippen LogP contribution in [0.4, 0.5) is 11.4 Å². The molecular weight excluding hydrogens is 1530 g/mol. The number of aromatic nitrogens is 13. The van der Waals surface area contributed by atoms with Crippen molar-refractivity contribution in [1.29, 1.82) is 0 Å². The van der Waals surface area contributed by atoms with E-state index >= 15 is 0 Å². The Labute approximate surface area is 623 Å². The normalized spacial score (nSPS) is 14.6. The number of anilines is 2. The van der Waals surface area contributed by atoms with Gasteiger partial charge >= 0.3 is 14.2 Å². The van der Waals surface area contributed by atoms with Crippen molar-refractivity contribution in [2.45, 2.75) is 112 Å². The first-order chi connectivity index (χ1) is 47.7. The number of pyridine rings is 5. The number of aryl methyl sites for hydroxylation is 5. The molecule has 28 heteroatoms. The molecule has 0 amide bonds. The molecule has 508 valence electrons. The van der Waals surface area contributed by atoms with Crippen LogP contribution in [0, 0.1) is 34.6 Å². The van der Waals surface area contributed by atoms with Gasteiger partial charge in [-0.15, -0.1) is 0 Å². The summed E-state index contributed by atoms with van der Waals surface area (Å²) in [4.78, 5) is 21.7. The molecule has 0 spiro atoms. The monoisotopic (exact) mass is 1600 g/mol. The van der Waals surface area contributed by atoms with Gasteiger partial charge in [0.05, 0.1) is 103 Å². The molecule has 9 aromatic heterocycles. The predicted molar refractivity (Wildman–Crippen MR) is 420 cm³/mol. The smallest absolute Gasteiger partial charge is 0.399 e. The molecule has 0 bridgehead atoms. The summed E-state index contributed by atoms with van der Waals surface area (Å²) < 4.78 is 62.1. The maximum Gasteiger partial charge on any atom is 0.497 e. The molecule has 14 aromatic rings. The number of benzene rings is 5. The van der Waals surface area contributed by atoms with Crippen molar-refractivity contribution in [2.24, 2.45) is 0 Å². The zero-order valence-corrected chi connectivity index (χ0v) is 65.1. The van der Waals surface area contributed by atoms with Crippen LogP contribution in [0.2, 0.25) is 0 Å². The van der Waals surface area contributed by atoms with Crippen molar-refractivity contribution in [3.63, 3.8) is 0 Å². The van der Waals surface area contributed by atoms with Crippen molar-refractivity contribution < 1.29 is 18.6 Å². The van der Waals surface area contributed by atoms with Gasteiger partial charge in [-0.25, -0.2) is 4.98 Å². The minimum absolute atomic E-state index is 0.405. The molecule has 2 fully saturated rings. The van der Waals surface area contributed by atoms with E-state index in [-0.39, 0.29) is 0 Å². The van der Waals surface area contributed by atoms with Gasteiger partial charge in [0, 0.05) is 73.1 Å². The number of hydrogen-bond donors (Lipinski definition) is 2. The lowest BCUT2D eigenvalue weighted by Gasteiger charge is -2.32. The molecule has 0 radical (unpaired) electrons.